The number of hydrogen-bond donors (Lipinski definition) is 4. The molecule has 1 aliphatic rings. The van der Waals surface area contributed by atoms with Crippen molar-refractivity contribution in [1.82, 2.24) is 10.6 Å². The number of carbonyl (C=O) groups is 3. The Morgan fingerprint density at radius 3 is 2.73 bits per heavy atom. The zero-order valence-corrected chi connectivity index (χ0v) is 8.79. The predicted octanol–water partition coefficient (Wildman–Crippen LogP) is -1.24. The Balaban J connectivity index is 2.47. The number of nitrogens with one attached hydrogen (secondary N) is 2. The Labute approximate surface area is 91.8 Å². The molecule has 7 heteroatoms. The van der Waals surface area contributed by atoms with Crippen molar-refractivity contribution in [2.75, 3.05) is 5.75 Å². The number of carboxylic acids is 1. The van der Waals surface area contributed by atoms with Gasteiger partial charge in [-0.3, -0.25) is 9.59 Å². The molecule has 2 atom stereocenters. The van der Waals surface area contributed by atoms with Crippen molar-refractivity contribution in [2.24, 2.45) is 0 Å². The van der Waals surface area contributed by atoms with Crippen LogP contribution in [0, 0.1) is 0 Å². The summed E-state index contributed by atoms with van der Waals surface area (Å²) in [6, 6.07) is -1.63. The number of amides is 2. The van der Waals surface area contributed by atoms with E-state index in [2.05, 4.69) is 23.3 Å². The predicted molar refractivity (Wildman–Crippen MR) is 54.6 cm³/mol. The summed E-state index contributed by atoms with van der Waals surface area (Å²) in [6.45, 7) is 0. The van der Waals surface area contributed by atoms with Gasteiger partial charge in [-0.15, -0.1) is 0 Å². The maximum Gasteiger partial charge on any atom is 0.327 e. The zero-order chi connectivity index (χ0) is 11.4. The van der Waals surface area contributed by atoms with Crippen LogP contribution in [0.25, 0.3) is 0 Å². The van der Waals surface area contributed by atoms with Crippen LogP contribution in [0.5, 0.6) is 0 Å². The van der Waals surface area contributed by atoms with Gasteiger partial charge >= 0.3 is 5.97 Å². The van der Waals surface area contributed by atoms with Crippen LogP contribution in [-0.4, -0.2) is 40.7 Å². The Morgan fingerprint density at radius 2 is 2.33 bits per heavy atom. The molecule has 0 aromatic heterocycles. The summed E-state index contributed by atoms with van der Waals surface area (Å²) in [5.41, 5.74) is 0. The molecule has 0 aromatic rings. The van der Waals surface area contributed by atoms with Crippen LogP contribution in [0.3, 0.4) is 0 Å². The molecule has 0 aromatic carbocycles. The van der Waals surface area contributed by atoms with Gasteiger partial charge in [0, 0.05) is 12.2 Å². The maximum atomic E-state index is 11.4. The lowest BCUT2D eigenvalue weighted by molar-refractivity contribution is -0.141. The largest absolute Gasteiger partial charge is 0.480 e. The van der Waals surface area contributed by atoms with Gasteiger partial charge in [0.2, 0.25) is 11.8 Å². The summed E-state index contributed by atoms with van der Waals surface area (Å²) in [5.74, 6) is -1.78. The van der Waals surface area contributed by atoms with Crippen molar-refractivity contribution in [3.8, 4) is 0 Å². The molecule has 15 heavy (non-hydrogen) atoms. The van der Waals surface area contributed by atoms with E-state index in [9.17, 15) is 14.4 Å². The smallest absolute Gasteiger partial charge is 0.327 e. The molecule has 1 rings (SSSR count). The summed E-state index contributed by atoms with van der Waals surface area (Å²) < 4.78 is 0. The zero-order valence-electron chi connectivity index (χ0n) is 7.90. The molecule has 1 fully saturated rings. The quantitative estimate of drug-likeness (QED) is 0.456. The summed E-state index contributed by atoms with van der Waals surface area (Å²) in [7, 11) is 0. The monoisotopic (exact) mass is 232 g/mol. The van der Waals surface area contributed by atoms with E-state index in [1.165, 1.54) is 0 Å². The lowest BCUT2D eigenvalue weighted by atomic mass is 10.2. The van der Waals surface area contributed by atoms with Crippen molar-refractivity contribution in [1.29, 1.82) is 0 Å². The molecule has 0 aliphatic carbocycles. The standard InChI is InChI=1S/C8H12N2O4S/c11-6-2-1-4(9-6)7(12)10-5(3-15)8(13)14/h4-5,15H,1-3H2,(H,9,11)(H,10,12)(H,13,14)/t4-,5+/m0/s1. The fraction of sp³-hybridized carbons (Fsp3) is 0.625. The highest BCUT2D eigenvalue weighted by Crippen LogP contribution is 2.06. The molecule has 1 heterocycles. The first-order valence-corrected chi connectivity index (χ1v) is 5.11. The highest BCUT2D eigenvalue weighted by atomic mass is 32.1. The Bertz CT molecular complexity index is 294. The summed E-state index contributed by atoms with van der Waals surface area (Å²) >= 11 is 3.81. The minimum atomic E-state index is -1.14. The van der Waals surface area contributed by atoms with Gasteiger partial charge < -0.3 is 15.7 Å². The topological polar surface area (TPSA) is 95.5 Å². The Morgan fingerprint density at radius 1 is 1.67 bits per heavy atom. The molecule has 0 unspecified atom stereocenters. The SMILES string of the molecule is O=C1CC[C@@H](C(=O)N[C@H](CS)C(=O)O)N1. The Hall–Kier alpha value is -1.24. The third-order valence-electron chi connectivity index (χ3n) is 2.11. The van der Waals surface area contributed by atoms with Gasteiger partial charge in [-0.1, -0.05) is 0 Å². The summed E-state index contributed by atoms with van der Waals surface area (Å²) in [5, 5.41) is 13.4. The van der Waals surface area contributed by atoms with Crippen LogP contribution in [-0.2, 0) is 14.4 Å². The number of carboxylic acid groups (broad SMARTS) is 1. The van der Waals surface area contributed by atoms with Crippen molar-refractivity contribution in [2.45, 2.75) is 24.9 Å². The first-order chi connectivity index (χ1) is 7.04. The maximum absolute atomic E-state index is 11.4. The molecular formula is C8H12N2O4S. The highest BCUT2D eigenvalue weighted by molar-refractivity contribution is 7.80. The average molecular weight is 232 g/mol. The van der Waals surface area contributed by atoms with Crippen LogP contribution in [0.15, 0.2) is 0 Å². The van der Waals surface area contributed by atoms with Crippen LogP contribution >= 0.6 is 12.6 Å². The molecule has 0 saturated carbocycles. The molecule has 0 spiro atoms. The van der Waals surface area contributed by atoms with Crippen LogP contribution in [0.4, 0.5) is 0 Å². The Kier molecular flexibility index (Phi) is 3.96. The number of rotatable bonds is 4. The van der Waals surface area contributed by atoms with E-state index >= 15 is 0 Å². The van der Waals surface area contributed by atoms with Gasteiger partial charge in [0.1, 0.15) is 12.1 Å². The molecule has 1 aliphatic heterocycles. The summed E-state index contributed by atoms with van der Waals surface area (Å²) in [6.07, 6.45) is 0.709. The lowest BCUT2D eigenvalue weighted by Gasteiger charge is -2.15. The molecule has 2 amide bonds. The average Bonchev–Trinajstić information content (AvgIpc) is 2.60. The van der Waals surface area contributed by atoms with Gasteiger partial charge in [-0.2, -0.15) is 12.6 Å². The van der Waals surface area contributed by atoms with Crippen molar-refractivity contribution in [3.63, 3.8) is 0 Å². The van der Waals surface area contributed by atoms with Gasteiger partial charge in [-0.05, 0) is 6.42 Å². The van der Waals surface area contributed by atoms with E-state index < -0.39 is 24.0 Å². The molecule has 84 valence electrons. The lowest BCUT2D eigenvalue weighted by Crippen LogP contribution is -2.49. The van der Waals surface area contributed by atoms with Gasteiger partial charge in [0.05, 0.1) is 0 Å². The minimum Gasteiger partial charge on any atom is -0.480 e. The normalized spacial score (nSPS) is 21.9. The second-order valence-electron chi connectivity index (χ2n) is 3.24. The first-order valence-electron chi connectivity index (χ1n) is 4.48. The van der Waals surface area contributed by atoms with Gasteiger partial charge in [0.15, 0.2) is 0 Å². The second kappa shape index (κ2) is 5.01. The van der Waals surface area contributed by atoms with Gasteiger partial charge in [0.25, 0.3) is 0 Å². The van der Waals surface area contributed by atoms with E-state index in [1.54, 1.807) is 0 Å². The molecule has 0 radical (unpaired) electrons. The van der Waals surface area contributed by atoms with E-state index in [4.69, 9.17) is 5.11 Å². The minimum absolute atomic E-state index is 0.0156. The van der Waals surface area contributed by atoms with Crippen molar-refractivity contribution >= 4 is 30.4 Å². The van der Waals surface area contributed by atoms with Crippen LogP contribution < -0.4 is 10.6 Å². The third kappa shape index (κ3) is 3.12. The third-order valence-corrected chi connectivity index (χ3v) is 2.47. The summed E-state index contributed by atoms with van der Waals surface area (Å²) in [4.78, 5) is 32.9. The fourth-order valence-corrected chi connectivity index (χ4v) is 1.52. The number of aliphatic carboxylic acids is 1. The first kappa shape index (κ1) is 11.8. The van der Waals surface area contributed by atoms with E-state index in [0.29, 0.717) is 12.8 Å². The fourth-order valence-electron chi connectivity index (χ4n) is 1.27. The van der Waals surface area contributed by atoms with Crippen LogP contribution in [0.2, 0.25) is 0 Å². The molecule has 3 N–H and O–H groups in total. The van der Waals surface area contributed by atoms with Gasteiger partial charge in [-0.25, -0.2) is 4.79 Å². The van der Waals surface area contributed by atoms with Crippen LogP contribution in [0.1, 0.15) is 12.8 Å². The molecular weight excluding hydrogens is 220 g/mol. The number of hydrogen-bond acceptors (Lipinski definition) is 4. The van der Waals surface area contributed by atoms with E-state index in [-0.39, 0.29) is 11.7 Å². The van der Waals surface area contributed by atoms with Crippen molar-refractivity contribution < 1.29 is 19.5 Å². The van der Waals surface area contributed by atoms with E-state index in [1.807, 2.05) is 0 Å². The molecule has 1 saturated heterocycles. The number of thiol groups is 1. The molecule has 0 bridgehead atoms. The highest BCUT2D eigenvalue weighted by Gasteiger charge is 2.29. The molecule has 6 nitrogen and oxygen atoms in total. The van der Waals surface area contributed by atoms with E-state index in [0.717, 1.165) is 0 Å². The number of carbonyl (C=O) groups excluding carboxylic acids is 2. The second-order valence-corrected chi connectivity index (χ2v) is 3.61. The van der Waals surface area contributed by atoms with Crippen molar-refractivity contribution in [3.05, 3.63) is 0 Å².